The van der Waals surface area contributed by atoms with E-state index >= 15 is 0 Å². The normalized spacial score (nSPS) is 0. The number of rotatable bonds is 0. The zero-order valence-corrected chi connectivity index (χ0v) is 4.84. The van der Waals surface area contributed by atoms with Crippen molar-refractivity contribution in [1.29, 1.82) is 0 Å². The summed E-state index contributed by atoms with van der Waals surface area (Å²) in [5, 5.41) is 0. The number of hydrogen-bond acceptors (Lipinski definition) is 0. The Morgan fingerprint density at radius 1 is 0.750 bits per heavy atom. The van der Waals surface area contributed by atoms with Gasteiger partial charge < -0.3 is 11.0 Å². The predicted molar refractivity (Wildman–Crippen MR) is 7.23 cm³/mol. The molecule has 0 atom stereocenters. The van der Waals surface area contributed by atoms with E-state index in [4.69, 9.17) is 0 Å². The van der Waals surface area contributed by atoms with Gasteiger partial charge in [0.15, 0.2) is 0 Å². The topological polar surface area (TPSA) is 63.0 Å². The molecule has 0 aliphatic heterocycles. The van der Waals surface area contributed by atoms with Gasteiger partial charge in [0, 0.05) is 42.9 Å². The van der Waals surface area contributed by atoms with Crippen molar-refractivity contribution in [2.75, 3.05) is 0 Å². The molecule has 1 radical (unpaired) electrons. The van der Waals surface area contributed by atoms with E-state index in [9.17, 15) is 0 Å². The molecule has 0 aromatic heterocycles. The third-order valence-electron chi connectivity index (χ3n) is 0. The molecule has 0 aliphatic rings. The minimum atomic E-state index is 0. The minimum Gasteiger partial charge on any atom is -0.412 e. The third-order valence-corrected chi connectivity index (χ3v) is 0. The molecule has 2 nitrogen and oxygen atoms in total. The van der Waals surface area contributed by atoms with E-state index < -0.39 is 0 Å². The van der Waals surface area contributed by atoms with Gasteiger partial charge in [0.05, 0.1) is 0 Å². The van der Waals surface area contributed by atoms with Crippen LogP contribution >= 0.6 is 0 Å². The van der Waals surface area contributed by atoms with Crippen LogP contribution in [-0.4, -0.2) is 11.0 Å². The van der Waals surface area contributed by atoms with Crippen molar-refractivity contribution in [3.05, 3.63) is 0 Å². The Morgan fingerprint density at radius 2 is 0.750 bits per heavy atom. The van der Waals surface area contributed by atoms with E-state index in [0.29, 0.717) is 0 Å². The molecule has 4 heteroatoms. The van der Waals surface area contributed by atoms with Gasteiger partial charge in [-0.1, -0.05) is 0 Å². The summed E-state index contributed by atoms with van der Waals surface area (Å²) in [6.07, 6.45) is 0. The molecule has 0 rings (SSSR count). The van der Waals surface area contributed by atoms with E-state index in [0.717, 1.165) is 0 Å². The Balaban J connectivity index is 0. The van der Waals surface area contributed by atoms with Gasteiger partial charge in [0.1, 0.15) is 0 Å². The van der Waals surface area contributed by atoms with Crippen molar-refractivity contribution >= 4 is 0 Å². The fraction of sp³-hybridized carbons (Fsp3) is 0. The summed E-state index contributed by atoms with van der Waals surface area (Å²) in [6, 6.07) is 0. The summed E-state index contributed by atoms with van der Waals surface area (Å²) in [4.78, 5) is 0. The van der Waals surface area contributed by atoms with Crippen LogP contribution in [0.1, 0.15) is 0 Å². The Labute approximate surface area is 53.8 Å². The smallest absolute Gasteiger partial charge is 0 e. The first-order chi connectivity index (χ1) is 0. The summed E-state index contributed by atoms with van der Waals surface area (Å²) in [5.41, 5.74) is 0. The second-order valence-electron chi connectivity index (χ2n) is 0. The average molecular weight is 137 g/mol. The Kier molecular flexibility index (Phi) is 396. The summed E-state index contributed by atoms with van der Waals surface area (Å²) in [7, 11) is 0. The zero-order chi connectivity index (χ0) is 0. The Morgan fingerprint density at radius 3 is 0.750 bits per heavy atom. The van der Waals surface area contributed by atoms with Crippen molar-refractivity contribution in [3.8, 4) is 0 Å². The largest absolute Gasteiger partial charge is 0.412 e. The Hall–Kier alpha value is 1.31. The SMILES string of the molecule is O.O.[Fe].[Sc]. The molecular weight excluding hydrogens is 133 g/mol. The van der Waals surface area contributed by atoms with E-state index in [-0.39, 0.29) is 53.9 Å². The maximum absolute atomic E-state index is 0. The molecule has 0 aromatic rings. The fourth-order valence-electron chi connectivity index (χ4n) is 0. The molecule has 0 aromatic carbocycles. The van der Waals surface area contributed by atoms with Crippen LogP contribution in [0.25, 0.3) is 0 Å². The first-order valence-corrected chi connectivity index (χ1v) is 0. The molecule has 0 unspecified atom stereocenters. The number of hydrogen-bond donors (Lipinski definition) is 0. The average Bonchev–Trinajstić information content (AvgIpc) is 0. The van der Waals surface area contributed by atoms with Crippen molar-refractivity contribution < 1.29 is 53.9 Å². The zero-order valence-electron chi connectivity index (χ0n) is 1.93. The van der Waals surface area contributed by atoms with E-state index in [1.165, 1.54) is 0 Å². The van der Waals surface area contributed by atoms with Gasteiger partial charge in [-0.25, -0.2) is 0 Å². The quantitative estimate of drug-likeness (QED) is 0.359. The van der Waals surface area contributed by atoms with E-state index in [2.05, 4.69) is 0 Å². The third kappa shape index (κ3) is 10.3. The summed E-state index contributed by atoms with van der Waals surface area (Å²) in [5.74, 6) is 0. The van der Waals surface area contributed by atoms with Gasteiger partial charge >= 0.3 is 0 Å². The molecule has 0 aliphatic carbocycles. The fourth-order valence-corrected chi connectivity index (χ4v) is 0. The van der Waals surface area contributed by atoms with Gasteiger partial charge in [-0.05, 0) is 0 Å². The van der Waals surface area contributed by atoms with Crippen LogP contribution in [0.5, 0.6) is 0 Å². The van der Waals surface area contributed by atoms with Crippen molar-refractivity contribution in [3.63, 3.8) is 0 Å². The monoisotopic (exact) mass is 137 g/mol. The van der Waals surface area contributed by atoms with Crippen LogP contribution in [0.4, 0.5) is 0 Å². The van der Waals surface area contributed by atoms with Crippen LogP contribution in [0.3, 0.4) is 0 Å². The van der Waals surface area contributed by atoms with Gasteiger partial charge in [-0.15, -0.1) is 0 Å². The predicted octanol–water partition coefficient (Wildman–Crippen LogP) is -1.65. The summed E-state index contributed by atoms with van der Waals surface area (Å²) < 4.78 is 0. The van der Waals surface area contributed by atoms with Crippen LogP contribution in [0.15, 0.2) is 0 Å². The summed E-state index contributed by atoms with van der Waals surface area (Å²) >= 11 is 0. The molecule has 4 heavy (non-hydrogen) atoms. The maximum atomic E-state index is 0. The van der Waals surface area contributed by atoms with Crippen molar-refractivity contribution in [1.82, 2.24) is 0 Å². The molecule has 27 valence electrons. The summed E-state index contributed by atoms with van der Waals surface area (Å²) in [6.45, 7) is 0. The van der Waals surface area contributed by atoms with E-state index in [1.807, 2.05) is 0 Å². The molecule has 0 amide bonds. The van der Waals surface area contributed by atoms with Gasteiger partial charge in [-0.3, -0.25) is 0 Å². The van der Waals surface area contributed by atoms with Crippen molar-refractivity contribution in [2.24, 2.45) is 0 Å². The van der Waals surface area contributed by atoms with E-state index in [1.54, 1.807) is 0 Å². The molecule has 4 N–H and O–H groups in total. The first-order valence-electron chi connectivity index (χ1n) is 0. The second-order valence-corrected chi connectivity index (χ2v) is 0. The first kappa shape index (κ1) is 57.5. The molecule has 0 saturated carbocycles. The molecule has 0 spiro atoms. The van der Waals surface area contributed by atoms with Gasteiger partial charge in [-0.2, -0.15) is 0 Å². The van der Waals surface area contributed by atoms with Crippen LogP contribution < -0.4 is 0 Å². The molecule has 0 heterocycles. The van der Waals surface area contributed by atoms with Gasteiger partial charge in [0.25, 0.3) is 0 Å². The molecule has 0 saturated heterocycles. The molecule has 0 bridgehead atoms. The standard InChI is InChI=1S/Fe.2H2O.Sc/h;2*1H2;. The maximum Gasteiger partial charge on any atom is 0 e. The van der Waals surface area contributed by atoms with Crippen LogP contribution in [-0.2, 0) is 42.9 Å². The Bertz CT molecular complexity index is 6.00. The van der Waals surface area contributed by atoms with Gasteiger partial charge in [0.2, 0.25) is 0 Å². The van der Waals surface area contributed by atoms with Crippen molar-refractivity contribution in [2.45, 2.75) is 0 Å². The van der Waals surface area contributed by atoms with Crippen LogP contribution in [0.2, 0.25) is 0 Å². The molecule has 0 fully saturated rings. The second kappa shape index (κ2) is 27.5. The molecular formula is H4FeO2Sc. The van der Waals surface area contributed by atoms with Crippen LogP contribution in [0, 0.1) is 0 Å². The minimum absolute atomic E-state index is 0.